The number of benzene rings is 2. The average molecular weight is 409 g/mol. The third kappa shape index (κ3) is 4.70. The molecule has 3 rings (SSSR count). The third-order valence-electron chi connectivity index (χ3n) is 4.91. The van der Waals surface area contributed by atoms with Gasteiger partial charge in [0, 0.05) is 17.8 Å². The largest absolute Gasteiger partial charge is 0.325 e. The number of carbonyl (C=O) groups is 1. The molecular weight excluding hydrogens is 380 g/mol. The predicted octanol–water partition coefficient (Wildman–Crippen LogP) is 5.52. The van der Waals surface area contributed by atoms with Crippen LogP contribution in [-0.4, -0.2) is 25.9 Å². The highest BCUT2D eigenvalue weighted by Crippen LogP contribution is 2.30. The maximum Gasteiger partial charge on any atom is 0.237 e. The quantitative estimate of drug-likeness (QED) is 0.523. The lowest BCUT2D eigenvalue weighted by Crippen LogP contribution is -2.23. The van der Waals surface area contributed by atoms with Crippen molar-refractivity contribution in [1.82, 2.24) is 14.8 Å². The van der Waals surface area contributed by atoms with E-state index in [-0.39, 0.29) is 11.2 Å². The smallest absolute Gasteiger partial charge is 0.237 e. The Kier molecular flexibility index (Phi) is 6.75. The summed E-state index contributed by atoms with van der Waals surface area (Å²) >= 11 is 1.44. The zero-order valence-corrected chi connectivity index (χ0v) is 18.5. The lowest BCUT2D eigenvalue weighted by atomic mass is 10.0. The number of hydrogen-bond acceptors (Lipinski definition) is 4. The molecule has 0 bridgehead atoms. The number of amides is 1. The van der Waals surface area contributed by atoms with Crippen LogP contribution in [0.15, 0.2) is 53.7 Å². The van der Waals surface area contributed by atoms with Crippen LogP contribution in [0.3, 0.4) is 0 Å². The van der Waals surface area contributed by atoms with Gasteiger partial charge >= 0.3 is 0 Å². The van der Waals surface area contributed by atoms with Crippen LogP contribution >= 0.6 is 11.8 Å². The maximum absolute atomic E-state index is 12.8. The molecule has 29 heavy (non-hydrogen) atoms. The van der Waals surface area contributed by atoms with Crippen molar-refractivity contribution in [2.24, 2.45) is 0 Å². The fourth-order valence-corrected chi connectivity index (χ4v) is 4.16. The van der Waals surface area contributed by atoms with Gasteiger partial charge in [0.2, 0.25) is 5.91 Å². The van der Waals surface area contributed by atoms with Gasteiger partial charge < -0.3 is 9.88 Å². The van der Waals surface area contributed by atoms with Crippen molar-refractivity contribution in [3.8, 4) is 11.4 Å². The van der Waals surface area contributed by atoms with E-state index in [9.17, 15) is 4.79 Å². The molecule has 1 aromatic heterocycles. The number of nitrogens with zero attached hydrogens (tertiary/aromatic N) is 3. The van der Waals surface area contributed by atoms with Gasteiger partial charge in [0.25, 0.3) is 0 Å². The van der Waals surface area contributed by atoms with Crippen molar-refractivity contribution in [3.05, 3.63) is 59.7 Å². The monoisotopic (exact) mass is 408 g/mol. The topological polar surface area (TPSA) is 59.8 Å². The van der Waals surface area contributed by atoms with Crippen LogP contribution in [0, 0.1) is 6.92 Å². The Morgan fingerprint density at radius 2 is 1.76 bits per heavy atom. The van der Waals surface area contributed by atoms with Crippen LogP contribution in [0.5, 0.6) is 0 Å². The number of para-hydroxylation sites is 1. The average Bonchev–Trinajstić information content (AvgIpc) is 3.10. The molecule has 0 saturated heterocycles. The van der Waals surface area contributed by atoms with E-state index in [4.69, 9.17) is 0 Å². The molecule has 0 fully saturated rings. The molecule has 3 aromatic rings. The minimum absolute atomic E-state index is 0.0359. The number of carbonyl (C=O) groups excluding carboxylic acids is 1. The predicted molar refractivity (Wildman–Crippen MR) is 120 cm³/mol. The lowest BCUT2D eigenvalue weighted by Gasteiger charge is -2.16. The lowest BCUT2D eigenvalue weighted by molar-refractivity contribution is -0.115. The summed E-state index contributed by atoms with van der Waals surface area (Å²) in [6.07, 6.45) is 0. The summed E-state index contributed by atoms with van der Waals surface area (Å²) in [7, 11) is 0. The van der Waals surface area contributed by atoms with Crippen molar-refractivity contribution in [1.29, 1.82) is 0 Å². The van der Waals surface area contributed by atoms with Gasteiger partial charge in [-0.1, -0.05) is 68.1 Å². The van der Waals surface area contributed by atoms with E-state index in [2.05, 4.69) is 66.0 Å². The summed E-state index contributed by atoms with van der Waals surface area (Å²) in [5, 5.41) is 12.3. The minimum atomic E-state index is -0.297. The van der Waals surface area contributed by atoms with E-state index >= 15 is 0 Å². The van der Waals surface area contributed by atoms with Gasteiger partial charge in [-0.05, 0) is 43.9 Å². The van der Waals surface area contributed by atoms with Crippen molar-refractivity contribution >= 4 is 23.4 Å². The zero-order valence-electron chi connectivity index (χ0n) is 17.6. The Balaban J connectivity index is 1.78. The molecule has 6 heteroatoms. The number of aromatic nitrogens is 3. The summed E-state index contributed by atoms with van der Waals surface area (Å²) in [6.45, 7) is 11.0. The second-order valence-corrected chi connectivity index (χ2v) is 8.66. The number of aryl methyl sites for hydroxylation is 1. The van der Waals surface area contributed by atoms with E-state index in [1.165, 1.54) is 11.8 Å². The van der Waals surface area contributed by atoms with Gasteiger partial charge in [0.05, 0.1) is 5.25 Å². The highest BCUT2D eigenvalue weighted by Gasteiger charge is 2.21. The van der Waals surface area contributed by atoms with E-state index in [0.717, 1.165) is 39.9 Å². The fourth-order valence-electron chi connectivity index (χ4n) is 3.24. The van der Waals surface area contributed by atoms with Crippen molar-refractivity contribution < 1.29 is 4.79 Å². The Labute approximate surface area is 176 Å². The first kappa shape index (κ1) is 21.1. The molecule has 0 aliphatic heterocycles. The first-order valence-electron chi connectivity index (χ1n) is 9.98. The van der Waals surface area contributed by atoms with Crippen LogP contribution in [-0.2, 0) is 11.3 Å². The third-order valence-corrected chi connectivity index (χ3v) is 5.99. The maximum atomic E-state index is 12.8. The Morgan fingerprint density at radius 3 is 2.45 bits per heavy atom. The first-order chi connectivity index (χ1) is 13.9. The van der Waals surface area contributed by atoms with Gasteiger partial charge in [0.15, 0.2) is 11.0 Å². The van der Waals surface area contributed by atoms with Gasteiger partial charge in [0.1, 0.15) is 0 Å². The van der Waals surface area contributed by atoms with Gasteiger partial charge in [-0.2, -0.15) is 0 Å². The molecule has 0 unspecified atom stereocenters. The summed E-state index contributed by atoms with van der Waals surface area (Å²) in [5.41, 5.74) is 4.23. The molecular formula is C23H28N4OS. The first-order valence-corrected chi connectivity index (χ1v) is 10.9. The molecule has 1 amide bonds. The molecule has 5 nitrogen and oxygen atoms in total. The number of hydrogen-bond donors (Lipinski definition) is 1. The van der Waals surface area contributed by atoms with Gasteiger partial charge in [-0.25, -0.2) is 0 Å². The number of rotatable bonds is 7. The van der Waals surface area contributed by atoms with Crippen LogP contribution in [0.4, 0.5) is 5.69 Å². The second kappa shape index (κ2) is 9.27. The van der Waals surface area contributed by atoms with Crippen molar-refractivity contribution in [2.45, 2.75) is 57.5 Å². The number of thioether (sulfide) groups is 1. The van der Waals surface area contributed by atoms with Crippen molar-refractivity contribution in [3.63, 3.8) is 0 Å². The summed E-state index contributed by atoms with van der Waals surface area (Å²) in [4.78, 5) is 12.8. The van der Waals surface area contributed by atoms with E-state index in [0.29, 0.717) is 5.92 Å². The summed E-state index contributed by atoms with van der Waals surface area (Å²) in [5.74, 6) is 1.14. The van der Waals surface area contributed by atoms with E-state index < -0.39 is 0 Å². The highest BCUT2D eigenvalue weighted by atomic mass is 32.2. The van der Waals surface area contributed by atoms with Crippen LogP contribution in [0.2, 0.25) is 0 Å². The number of nitrogens with one attached hydrogen (secondary N) is 1. The zero-order chi connectivity index (χ0) is 21.0. The van der Waals surface area contributed by atoms with Gasteiger partial charge in [-0.15, -0.1) is 10.2 Å². The molecule has 1 N–H and O–H groups in total. The highest BCUT2D eigenvalue weighted by molar-refractivity contribution is 8.00. The molecule has 1 atom stereocenters. The SMILES string of the molecule is CCn1c(S[C@@H](C)C(=O)Nc2ccccc2C(C)C)nnc1-c1ccccc1C. The number of anilines is 1. The molecule has 0 radical (unpaired) electrons. The minimum Gasteiger partial charge on any atom is -0.325 e. The van der Waals surface area contributed by atoms with Crippen LogP contribution < -0.4 is 5.32 Å². The normalized spacial score (nSPS) is 12.2. The Bertz CT molecular complexity index is 996. The standard InChI is InChI=1S/C23H28N4OS/c1-6-27-21(19-13-8-7-11-16(19)4)25-26-23(27)29-17(5)22(28)24-20-14-10-9-12-18(20)15(2)3/h7-15,17H,6H2,1-5H3,(H,24,28)/t17-/m0/s1. The summed E-state index contributed by atoms with van der Waals surface area (Å²) in [6, 6.07) is 16.1. The molecule has 0 aliphatic rings. The Hall–Kier alpha value is -2.60. The Morgan fingerprint density at radius 1 is 1.07 bits per heavy atom. The molecule has 2 aromatic carbocycles. The van der Waals surface area contributed by atoms with Gasteiger partial charge in [-0.3, -0.25) is 4.79 Å². The van der Waals surface area contributed by atoms with Crippen LogP contribution in [0.25, 0.3) is 11.4 Å². The molecule has 0 saturated carbocycles. The van der Waals surface area contributed by atoms with E-state index in [1.54, 1.807) is 0 Å². The second-order valence-electron chi connectivity index (χ2n) is 7.36. The molecule has 0 aliphatic carbocycles. The summed E-state index contributed by atoms with van der Waals surface area (Å²) < 4.78 is 2.07. The van der Waals surface area contributed by atoms with Crippen molar-refractivity contribution in [2.75, 3.05) is 5.32 Å². The van der Waals surface area contributed by atoms with E-state index in [1.807, 2.05) is 37.3 Å². The fraction of sp³-hybridized carbons (Fsp3) is 0.348. The van der Waals surface area contributed by atoms with Crippen LogP contribution in [0.1, 0.15) is 44.7 Å². The molecule has 1 heterocycles. The molecule has 152 valence electrons. The molecule has 0 spiro atoms.